The van der Waals surface area contributed by atoms with Crippen LogP contribution < -0.4 is 10.3 Å². The number of ether oxygens (including phenoxy) is 1. The SMILES string of the molecule is C=CCn1c(=O)c2ccccc2n2c(SCC(O)COc3c(Cl)cccc3Cl)nnc12. The van der Waals surface area contributed by atoms with Crippen LogP contribution in [0.3, 0.4) is 0 Å². The van der Waals surface area contributed by atoms with Gasteiger partial charge in [-0.2, -0.15) is 0 Å². The number of halogens is 2. The van der Waals surface area contributed by atoms with E-state index >= 15 is 0 Å². The third kappa shape index (κ3) is 4.29. The summed E-state index contributed by atoms with van der Waals surface area (Å²) in [5.74, 6) is 1.04. The third-order valence-corrected chi connectivity index (χ3v) is 6.20. The Balaban J connectivity index is 1.58. The van der Waals surface area contributed by atoms with Gasteiger partial charge in [0.25, 0.3) is 5.56 Å². The Morgan fingerprint density at radius 2 is 1.90 bits per heavy atom. The molecule has 2 aromatic carbocycles. The average Bonchev–Trinajstić information content (AvgIpc) is 3.19. The quantitative estimate of drug-likeness (QED) is 0.305. The topological polar surface area (TPSA) is 81.7 Å². The molecule has 4 rings (SSSR count). The monoisotopic (exact) mass is 476 g/mol. The van der Waals surface area contributed by atoms with Crippen LogP contribution in [0.4, 0.5) is 0 Å². The van der Waals surface area contributed by atoms with Crippen LogP contribution >= 0.6 is 35.0 Å². The summed E-state index contributed by atoms with van der Waals surface area (Å²) in [5.41, 5.74) is 0.543. The largest absolute Gasteiger partial charge is 0.488 e. The van der Waals surface area contributed by atoms with E-state index in [-0.39, 0.29) is 17.9 Å². The van der Waals surface area contributed by atoms with Crippen LogP contribution in [0.25, 0.3) is 16.7 Å². The maximum atomic E-state index is 12.8. The van der Waals surface area contributed by atoms with Crippen molar-refractivity contribution in [2.75, 3.05) is 12.4 Å². The first-order valence-electron chi connectivity index (χ1n) is 9.36. The smallest absolute Gasteiger partial charge is 0.263 e. The molecular formula is C21H18Cl2N4O3S. The van der Waals surface area contributed by atoms with Crippen molar-refractivity contribution in [3.63, 3.8) is 0 Å². The molecule has 0 fully saturated rings. The van der Waals surface area contributed by atoms with Gasteiger partial charge in [-0.05, 0) is 24.3 Å². The van der Waals surface area contributed by atoms with Gasteiger partial charge < -0.3 is 9.84 Å². The van der Waals surface area contributed by atoms with Gasteiger partial charge in [0.1, 0.15) is 6.61 Å². The summed E-state index contributed by atoms with van der Waals surface area (Å²) >= 11 is 13.5. The predicted molar refractivity (Wildman–Crippen MR) is 124 cm³/mol. The molecule has 0 saturated carbocycles. The van der Waals surface area contributed by atoms with Gasteiger partial charge in [-0.3, -0.25) is 13.8 Å². The second-order valence-corrected chi connectivity index (χ2v) is 8.47. The molecule has 1 unspecified atom stereocenters. The van der Waals surface area contributed by atoms with Crippen molar-refractivity contribution in [1.29, 1.82) is 0 Å². The molecule has 0 radical (unpaired) electrons. The Morgan fingerprint density at radius 1 is 1.16 bits per heavy atom. The minimum Gasteiger partial charge on any atom is -0.488 e. The molecule has 2 aromatic heterocycles. The van der Waals surface area contributed by atoms with Crippen LogP contribution in [-0.4, -0.2) is 42.7 Å². The number of thioether (sulfide) groups is 1. The third-order valence-electron chi connectivity index (χ3n) is 4.53. The lowest BCUT2D eigenvalue weighted by atomic mass is 10.2. The van der Waals surface area contributed by atoms with Crippen LogP contribution in [0.2, 0.25) is 10.0 Å². The van der Waals surface area contributed by atoms with Crippen molar-refractivity contribution in [3.8, 4) is 5.75 Å². The minimum absolute atomic E-state index is 0.00904. The summed E-state index contributed by atoms with van der Waals surface area (Å²) in [5, 5.41) is 20.7. The maximum absolute atomic E-state index is 12.8. The van der Waals surface area contributed by atoms with E-state index in [2.05, 4.69) is 16.8 Å². The zero-order valence-electron chi connectivity index (χ0n) is 16.2. The summed E-state index contributed by atoms with van der Waals surface area (Å²) in [6.45, 7) is 4.04. The summed E-state index contributed by atoms with van der Waals surface area (Å²) in [7, 11) is 0. The highest BCUT2D eigenvalue weighted by Crippen LogP contribution is 2.32. The molecule has 2 heterocycles. The van der Waals surface area contributed by atoms with E-state index in [0.717, 1.165) is 0 Å². The van der Waals surface area contributed by atoms with Gasteiger partial charge in [0.05, 0.1) is 27.1 Å². The number of nitrogens with zero attached hydrogens (tertiary/aromatic N) is 4. The highest BCUT2D eigenvalue weighted by molar-refractivity contribution is 7.99. The van der Waals surface area contributed by atoms with E-state index in [9.17, 15) is 9.90 Å². The molecule has 160 valence electrons. The molecule has 4 aromatic rings. The lowest BCUT2D eigenvalue weighted by Crippen LogP contribution is -2.23. The van der Waals surface area contributed by atoms with Gasteiger partial charge in [-0.25, -0.2) is 0 Å². The number of rotatable bonds is 8. The molecular weight excluding hydrogens is 459 g/mol. The van der Waals surface area contributed by atoms with Crippen LogP contribution in [0.15, 0.2) is 65.1 Å². The number of fused-ring (bicyclic) bond motifs is 3. The summed E-state index contributed by atoms with van der Waals surface area (Å²) in [6.07, 6.45) is 0.827. The van der Waals surface area contributed by atoms with E-state index in [1.54, 1.807) is 30.3 Å². The Bertz CT molecular complexity index is 1300. The lowest BCUT2D eigenvalue weighted by Gasteiger charge is -2.14. The van der Waals surface area contributed by atoms with Crippen molar-refractivity contribution in [1.82, 2.24) is 19.2 Å². The van der Waals surface area contributed by atoms with Crippen LogP contribution in [0.5, 0.6) is 5.75 Å². The summed E-state index contributed by atoms with van der Waals surface area (Å²) < 4.78 is 8.93. The predicted octanol–water partition coefficient (Wildman–Crippen LogP) is 4.07. The molecule has 0 aliphatic carbocycles. The van der Waals surface area contributed by atoms with E-state index in [0.29, 0.717) is 44.2 Å². The molecule has 1 N–H and O–H groups in total. The normalized spacial score (nSPS) is 12.4. The van der Waals surface area contributed by atoms with E-state index in [1.807, 2.05) is 22.6 Å². The minimum atomic E-state index is -0.810. The fourth-order valence-corrected chi connectivity index (χ4v) is 4.49. The molecule has 31 heavy (non-hydrogen) atoms. The molecule has 7 nitrogen and oxygen atoms in total. The molecule has 0 spiro atoms. The average molecular weight is 477 g/mol. The van der Waals surface area contributed by atoms with Crippen molar-refractivity contribution < 1.29 is 9.84 Å². The van der Waals surface area contributed by atoms with Crippen molar-refractivity contribution in [2.24, 2.45) is 0 Å². The van der Waals surface area contributed by atoms with E-state index in [4.69, 9.17) is 27.9 Å². The van der Waals surface area contributed by atoms with E-state index in [1.165, 1.54) is 16.3 Å². The van der Waals surface area contributed by atoms with Gasteiger partial charge in [0.2, 0.25) is 5.78 Å². The number of para-hydroxylation sites is 2. The second kappa shape index (κ2) is 9.32. The second-order valence-electron chi connectivity index (χ2n) is 6.67. The Hall–Kier alpha value is -2.52. The highest BCUT2D eigenvalue weighted by atomic mass is 35.5. The van der Waals surface area contributed by atoms with Crippen molar-refractivity contribution >= 4 is 51.6 Å². The van der Waals surface area contributed by atoms with Crippen molar-refractivity contribution in [2.45, 2.75) is 17.8 Å². The van der Waals surface area contributed by atoms with Crippen molar-refractivity contribution in [3.05, 3.63) is 75.5 Å². The first-order valence-corrected chi connectivity index (χ1v) is 11.1. The number of aliphatic hydroxyl groups excluding tert-OH is 1. The zero-order chi connectivity index (χ0) is 22.0. The molecule has 10 heteroatoms. The number of hydrogen-bond donors (Lipinski definition) is 1. The van der Waals surface area contributed by atoms with Gasteiger partial charge in [0.15, 0.2) is 10.9 Å². The number of hydrogen-bond acceptors (Lipinski definition) is 6. The van der Waals surface area contributed by atoms with Crippen LogP contribution in [-0.2, 0) is 6.54 Å². The summed E-state index contributed by atoms with van der Waals surface area (Å²) in [6, 6.07) is 12.3. The maximum Gasteiger partial charge on any atom is 0.263 e. The molecule has 0 saturated heterocycles. The van der Waals surface area contributed by atoms with Gasteiger partial charge in [0, 0.05) is 12.3 Å². The first kappa shape index (κ1) is 21.7. The van der Waals surface area contributed by atoms with Gasteiger partial charge >= 0.3 is 0 Å². The lowest BCUT2D eigenvalue weighted by molar-refractivity contribution is 0.126. The van der Waals surface area contributed by atoms with Gasteiger partial charge in [-0.15, -0.1) is 16.8 Å². The number of aliphatic hydroxyl groups is 1. The fraction of sp³-hybridized carbons (Fsp3) is 0.190. The number of allylic oxidation sites excluding steroid dienone is 1. The Morgan fingerprint density at radius 3 is 2.65 bits per heavy atom. The molecule has 0 amide bonds. The highest BCUT2D eigenvalue weighted by Gasteiger charge is 2.18. The molecule has 0 aliphatic rings. The molecule has 1 atom stereocenters. The first-order chi connectivity index (χ1) is 15.0. The standard InChI is InChI=1S/C21H18Cl2N4O3S/c1-2-10-26-19(29)14-6-3-4-9-17(14)27-20(26)24-25-21(27)31-12-13(28)11-30-18-15(22)7-5-8-16(18)23/h2-9,13,28H,1,10-12H2. The van der Waals surface area contributed by atoms with Crippen LogP contribution in [0.1, 0.15) is 0 Å². The van der Waals surface area contributed by atoms with Gasteiger partial charge in [-0.1, -0.05) is 59.2 Å². The Kier molecular flexibility index (Phi) is 6.52. The molecule has 0 aliphatic heterocycles. The number of aromatic nitrogens is 4. The summed E-state index contributed by atoms with van der Waals surface area (Å²) in [4.78, 5) is 12.8. The Labute approximate surface area is 191 Å². The zero-order valence-corrected chi connectivity index (χ0v) is 18.6. The fourth-order valence-electron chi connectivity index (χ4n) is 3.14. The molecule has 0 bridgehead atoms. The van der Waals surface area contributed by atoms with E-state index < -0.39 is 6.10 Å². The van der Waals surface area contributed by atoms with Crippen LogP contribution in [0, 0.1) is 0 Å². The number of benzene rings is 2.